The molecule has 0 aliphatic heterocycles. The zero-order chi connectivity index (χ0) is 12.1. The quantitative estimate of drug-likeness (QED) is 0.858. The van der Waals surface area contributed by atoms with Crippen LogP contribution in [0.15, 0.2) is 16.6 Å². The van der Waals surface area contributed by atoms with E-state index in [1.54, 1.807) is 12.1 Å². The Morgan fingerprint density at radius 1 is 1.50 bits per heavy atom. The first-order valence-corrected chi connectivity index (χ1v) is 5.88. The Morgan fingerprint density at radius 2 is 2.19 bits per heavy atom. The summed E-state index contributed by atoms with van der Waals surface area (Å²) < 4.78 is 6.26. The number of nitriles is 1. The number of rotatable bonds is 4. The van der Waals surface area contributed by atoms with Crippen molar-refractivity contribution >= 4 is 27.5 Å². The van der Waals surface area contributed by atoms with E-state index in [2.05, 4.69) is 22.0 Å². The van der Waals surface area contributed by atoms with E-state index in [4.69, 9.17) is 21.6 Å². The van der Waals surface area contributed by atoms with E-state index in [1.807, 2.05) is 19.0 Å². The molecule has 0 spiro atoms. The molecule has 0 fully saturated rings. The van der Waals surface area contributed by atoms with Gasteiger partial charge in [0.25, 0.3) is 0 Å². The lowest BCUT2D eigenvalue weighted by molar-refractivity contribution is 0.259. The fourth-order valence-electron chi connectivity index (χ4n) is 1.12. The molecule has 0 atom stereocenters. The van der Waals surface area contributed by atoms with Crippen LogP contribution in [-0.2, 0) is 0 Å². The van der Waals surface area contributed by atoms with E-state index < -0.39 is 0 Å². The summed E-state index contributed by atoms with van der Waals surface area (Å²) in [6.45, 7) is 1.32. The Kier molecular flexibility index (Phi) is 5.07. The summed E-state index contributed by atoms with van der Waals surface area (Å²) in [7, 11) is 3.93. The van der Waals surface area contributed by atoms with Crippen LogP contribution in [0.3, 0.4) is 0 Å². The Bertz CT molecular complexity index is 415. The van der Waals surface area contributed by atoms with Gasteiger partial charge in [-0.15, -0.1) is 0 Å². The van der Waals surface area contributed by atoms with E-state index in [0.29, 0.717) is 27.4 Å². The number of hydrogen-bond donors (Lipinski definition) is 0. The summed E-state index contributed by atoms with van der Waals surface area (Å²) in [6.07, 6.45) is 0. The largest absolute Gasteiger partial charge is 0.490 e. The van der Waals surface area contributed by atoms with Crippen LogP contribution in [0.2, 0.25) is 5.02 Å². The van der Waals surface area contributed by atoms with Crippen LogP contribution >= 0.6 is 27.5 Å². The average molecular weight is 304 g/mol. The van der Waals surface area contributed by atoms with Crippen molar-refractivity contribution in [2.24, 2.45) is 0 Å². The average Bonchev–Trinajstić information content (AvgIpc) is 2.20. The molecule has 0 aliphatic rings. The monoisotopic (exact) mass is 302 g/mol. The van der Waals surface area contributed by atoms with Crippen LogP contribution in [0.1, 0.15) is 5.56 Å². The third kappa shape index (κ3) is 3.67. The molecule has 0 amide bonds. The van der Waals surface area contributed by atoms with Crippen molar-refractivity contribution in [1.82, 2.24) is 4.90 Å². The summed E-state index contributed by atoms with van der Waals surface area (Å²) in [5.41, 5.74) is 0.443. The maximum absolute atomic E-state index is 8.96. The van der Waals surface area contributed by atoms with Crippen LogP contribution < -0.4 is 4.74 Å². The predicted octanol–water partition coefficient (Wildman–Crippen LogP) is 2.91. The lowest BCUT2D eigenvalue weighted by Gasteiger charge is -2.13. The van der Waals surface area contributed by atoms with E-state index in [0.717, 1.165) is 6.54 Å². The normalized spacial score (nSPS) is 10.2. The van der Waals surface area contributed by atoms with E-state index in [1.165, 1.54) is 0 Å². The second-order valence-electron chi connectivity index (χ2n) is 3.53. The Balaban J connectivity index is 2.83. The predicted molar refractivity (Wildman–Crippen MR) is 67.9 cm³/mol. The molecule has 0 radical (unpaired) electrons. The molecule has 86 valence electrons. The highest BCUT2D eigenvalue weighted by Gasteiger charge is 2.10. The highest BCUT2D eigenvalue weighted by atomic mass is 79.9. The van der Waals surface area contributed by atoms with Crippen LogP contribution in [-0.4, -0.2) is 32.1 Å². The first-order valence-electron chi connectivity index (χ1n) is 4.71. The number of hydrogen-bond acceptors (Lipinski definition) is 3. The van der Waals surface area contributed by atoms with Gasteiger partial charge in [0.2, 0.25) is 0 Å². The van der Waals surface area contributed by atoms with Gasteiger partial charge in [-0.05, 0) is 42.2 Å². The van der Waals surface area contributed by atoms with Crippen molar-refractivity contribution in [2.45, 2.75) is 0 Å². The van der Waals surface area contributed by atoms with Gasteiger partial charge < -0.3 is 9.64 Å². The minimum absolute atomic E-state index is 0.443. The van der Waals surface area contributed by atoms with Gasteiger partial charge in [-0.25, -0.2) is 0 Å². The minimum Gasteiger partial charge on any atom is -0.490 e. The molecule has 0 aliphatic carbocycles. The SMILES string of the molecule is CN(C)CCOc1c(Br)cc(Cl)cc1C#N. The van der Waals surface area contributed by atoms with Gasteiger partial charge in [-0.3, -0.25) is 0 Å². The standard InChI is InChI=1S/C11H12BrClN2O/c1-15(2)3-4-16-11-8(7-14)5-9(13)6-10(11)12/h5-6H,3-4H2,1-2H3. The number of likely N-dealkylation sites (N-methyl/N-ethyl adjacent to an activating group) is 1. The van der Waals surface area contributed by atoms with Gasteiger partial charge in [0.1, 0.15) is 12.7 Å². The van der Waals surface area contributed by atoms with Gasteiger partial charge in [0.05, 0.1) is 10.0 Å². The molecule has 5 heteroatoms. The zero-order valence-corrected chi connectivity index (χ0v) is 11.5. The van der Waals surface area contributed by atoms with Crippen molar-refractivity contribution in [3.63, 3.8) is 0 Å². The number of nitrogens with zero attached hydrogens (tertiary/aromatic N) is 2. The highest BCUT2D eigenvalue weighted by molar-refractivity contribution is 9.10. The molecule has 0 N–H and O–H groups in total. The van der Waals surface area contributed by atoms with Crippen LogP contribution in [0.4, 0.5) is 0 Å². The van der Waals surface area contributed by atoms with E-state index in [-0.39, 0.29) is 0 Å². The van der Waals surface area contributed by atoms with Gasteiger partial charge in [0, 0.05) is 11.6 Å². The van der Waals surface area contributed by atoms with Crippen LogP contribution in [0, 0.1) is 11.3 Å². The molecule has 0 saturated carbocycles. The van der Waals surface area contributed by atoms with Gasteiger partial charge in [-0.1, -0.05) is 11.6 Å². The maximum Gasteiger partial charge on any atom is 0.151 e. The molecule has 0 unspecified atom stereocenters. The molecule has 1 aromatic carbocycles. The zero-order valence-electron chi connectivity index (χ0n) is 9.13. The molecule has 1 rings (SSSR count). The molecule has 0 bridgehead atoms. The number of benzene rings is 1. The molecule has 0 heterocycles. The molecule has 0 aromatic heterocycles. The lowest BCUT2D eigenvalue weighted by atomic mass is 10.2. The fraction of sp³-hybridized carbons (Fsp3) is 0.364. The van der Waals surface area contributed by atoms with Crippen molar-refractivity contribution < 1.29 is 4.74 Å². The fourth-order valence-corrected chi connectivity index (χ4v) is 2.05. The number of halogens is 2. The Labute approximate surface area is 109 Å². The van der Waals surface area contributed by atoms with Gasteiger partial charge in [-0.2, -0.15) is 5.26 Å². The van der Waals surface area contributed by atoms with Crippen LogP contribution in [0.5, 0.6) is 5.75 Å². The maximum atomic E-state index is 8.96. The first-order chi connectivity index (χ1) is 7.54. The molecular weight excluding hydrogens is 291 g/mol. The molecule has 16 heavy (non-hydrogen) atoms. The van der Waals surface area contributed by atoms with Crippen molar-refractivity contribution in [2.75, 3.05) is 27.2 Å². The molecular formula is C11H12BrClN2O. The summed E-state index contributed by atoms with van der Waals surface area (Å²) >= 11 is 9.17. The topological polar surface area (TPSA) is 36.3 Å². The van der Waals surface area contributed by atoms with Crippen molar-refractivity contribution in [1.29, 1.82) is 5.26 Å². The lowest BCUT2D eigenvalue weighted by Crippen LogP contribution is -2.19. The Morgan fingerprint density at radius 3 is 2.75 bits per heavy atom. The highest BCUT2D eigenvalue weighted by Crippen LogP contribution is 2.32. The first kappa shape index (κ1) is 13.3. The van der Waals surface area contributed by atoms with E-state index in [9.17, 15) is 0 Å². The van der Waals surface area contributed by atoms with Gasteiger partial charge >= 0.3 is 0 Å². The second kappa shape index (κ2) is 6.09. The van der Waals surface area contributed by atoms with Crippen LogP contribution in [0.25, 0.3) is 0 Å². The summed E-state index contributed by atoms with van der Waals surface area (Å²) in [5.74, 6) is 0.550. The molecule has 3 nitrogen and oxygen atoms in total. The number of ether oxygens (including phenoxy) is 1. The molecule has 1 aromatic rings. The van der Waals surface area contributed by atoms with E-state index >= 15 is 0 Å². The van der Waals surface area contributed by atoms with Crippen molar-refractivity contribution in [3.05, 3.63) is 27.2 Å². The smallest absolute Gasteiger partial charge is 0.151 e. The third-order valence-corrected chi connectivity index (χ3v) is 2.72. The summed E-state index contributed by atoms with van der Waals surface area (Å²) in [5, 5.41) is 9.47. The molecule has 0 saturated heterocycles. The van der Waals surface area contributed by atoms with Gasteiger partial charge in [0.15, 0.2) is 5.75 Å². The second-order valence-corrected chi connectivity index (χ2v) is 4.82. The minimum atomic E-state index is 0.443. The Hall–Kier alpha value is -0.760. The summed E-state index contributed by atoms with van der Waals surface area (Å²) in [4.78, 5) is 2.01. The third-order valence-electron chi connectivity index (χ3n) is 1.91. The summed E-state index contributed by atoms with van der Waals surface area (Å²) in [6, 6.07) is 5.37. The van der Waals surface area contributed by atoms with Crippen molar-refractivity contribution in [3.8, 4) is 11.8 Å².